The molecule has 2 heterocycles. The summed E-state index contributed by atoms with van der Waals surface area (Å²) in [7, 11) is -3.58. The number of sulfonamides is 1. The van der Waals surface area contributed by atoms with Crippen LogP contribution in [0.2, 0.25) is 0 Å². The summed E-state index contributed by atoms with van der Waals surface area (Å²) >= 11 is 0. The lowest BCUT2D eigenvalue weighted by atomic mass is 9.97. The Hall–Kier alpha value is -2.71. The number of nitrogens with zero attached hydrogens (tertiary/aromatic N) is 2. The van der Waals surface area contributed by atoms with Gasteiger partial charge in [0.2, 0.25) is 21.9 Å². The summed E-state index contributed by atoms with van der Waals surface area (Å²) in [5, 5.41) is 2.84. The number of H-pyrrole nitrogens is 1. The van der Waals surface area contributed by atoms with Crippen LogP contribution in [0, 0.1) is 26.7 Å². The molecule has 1 fully saturated rings. The van der Waals surface area contributed by atoms with E-state index in [4.69, 9.17) is 0 Å². The van der Waals surface area contributed by atoms with Crippen molar-refractivity contribution in [1.82, 2.24) is 14.3 Å². The number of carbonyl (C=O) groups excluding carboxylic acids is 1. The van der Waals surface area contributed by atoms with Crippen molar-refractivity contribution in [3.05, 3.63) is 53.1 Å². The SMILES string of the molecule is Cc1cc(C)c(S(=O)(=O)N2CCC(C(=O)Nc3nc4ccccc4[nH]3)CC2)c(C)c1. The summed E-state index contributed by atoms with van der Waals surface area (Å²) in [6.45, 7) is 6.28. The monoisotopic (exact) mass is 426 g/mol. The smallest absolute Gasteiger partial charge is 0.243 e. The predicted octanol–water partition coefficient (Wildman–Crippen LogP) is 3.53. The molecule has 30 heavy (non-hydrogen) atoms. The van der Waals surface area contributed by atoms with Crippen LogP contribution in [0.1, 0.15) is 29.5 Å². The first kappa shape index (κ1) is 20.6. The lowest BCUT2D eigenvalue weighted by Crippen LogP contribution is -2.41. The van der Waals surface area contributed by atoms with Crippen molar-refractivity contribution in [3.8, 4) is 0 Å². The first-order valence-electron chi connectivity index (χ1n) is 10.1. The Morgan fingerprint density at radius 3 is 2.37 bits per heavy atom. The van der Waals surface area contributed by atoms with E-state index >= 15 is 0 Å². The van der Waals surface area contributed by atoms with Gasteiger partial charge in [0.25, 0.3) is 0 Å². The number of carbonyl (C=O) groups is 1. The maximum Gasteiger partial charge on any atom is 0.243 e. The van der Waals surface area contributed by atoms with Crippen LogP contribution in [0.3, 0.4) is 0 Å². The number of fused-ring (bicyclic) bond motifs is 1. The van der Waals surface area contributed by atoms with Gasteiger partial charge in [-0.15, -0.1) is 0 Å². The fraction of sp³-hybridized carbons (Fsp3) is 0.364. The van der Waals surface area contributed by atoms with Gasteiger partial charge in [0.15, 0.2) is 0 Å². The van der Waals surface area contributed by atoms with E-state index < -0.39 is 10.0 Å². The molecule has 0 aliphatic carbocycles. The minimum atomic E-state index is -3.58. The minimum absolute atomic E-state index is 0.131. The second kappa shape index (κ2) is 7.85. The van der Waals surface area contributed by atoms with Crippen molar-refractivity contribution < 1.29 is 13.2 Å². The molecule has 2 N–H and O–H groups in total. The Bertz CT molecular complexity index is 1150. The minimum Gasteiger partial charge on any atom is -0.324 e. The van der Waals surface area contributed by atoms with E-state index in [-0.39, 0.29) is 11.8 Å². The van der Waals surface area contributed by atoms with Crippen molar-refractivity contribution in [2.45, 2.75) is 38.5 Å². The van der Waals surface area contributed by atoms with Crippen molar-refractivity contribution in [3.63, 3.8) is 0 Å². The highest BCUT2D eigenvalue weighted by Crippen LogP contribution is 2.29. The third-order valence-electron chi connectivity index (χ3n) is 5.66. The molecular weight excluding hydrogens is 400 g/mol. The normalized spacial score (nSPS) is 16.1. The van der Waals surface area contributed by atoms with Gasteiger partial charge in [0.1, 0.15) is 0 Å². The average Bonchev–Trinajstić information content (AvgIpc) is 3.09. The first-order valence-corrected chi connectivity index (χ1v) is 11.5. The number of aromatic amines is 1. The molecule has 0 unspecified atom stereocenters. The van der Waals surface area contributed by atoms with Gasteiger partial charge < -0.3 is 4.98 Å². The van der Waals surface area contributed by atoms with Crippen molar-refractivity contribution in [1.29, 1.82) is 0 Å². The number of aryl methyl sites for hydroxylation is 3. The van der Waals surface area contributed by atoms with Gasteiger partial charge in [-0.1, -0.05) is 29.8 Å². The van der Waals surface area contributed by atoms with E-state index in [1.54, 1.807) is 0 Å². The third-order valence-corrected chi connectivity index (χ3v) is 7.86. The summed E-state index contributed by atoms with van der Waals surface area (Å²) in [4.78, 5) is 20.5. The van der Waals surface area contributed by atoms with Crippen LogP contribution >= 0.6 is 0 Å². The highest BCUT2D eigenvalue weighted by Gasteiger charge is 2.34. The Morgan fingerprint density at radius 2 is 1.73 bits per heavy atom. The molecule has 3 aromatic rings. The van der Waals surface area contributed by atoms with Gasteiger partial charge in [-0.25, -0.2) is 13.4 Å². The molecule has 0 bridgehead atoms. The van der Waals surface area contributed by atoms with Gasteiger partial charge in [-0.2, -0.15) is 4.31 Å². The topological polar surface area (TPSA) is 95.2 Å². The van der Waals surface area contributed by atoms with Crippen LogP contribution in [0.5, 0.6) is 0 Å². The fourth-order valence-corrected chi connectivity index (χ4v) is 6.17. The summed E-state index contributed by atoms with van der Waals surface area (Å²) < 4.78 is 27.9. The summed E-state index contributed by atoms with van der Waals surface area (Å²) in [5.74, 6) is 0.0424. The quantitative estimate of drug-likeness (QED) is 0.667. The van der Waals surface area contributed by atoms with Crippen LogP contribution in [-0.2, 0) is 14.8 Å². The summed E-state index contributed by atoms with van der Waals surface area (Å²) in [6.07, 6.45) is 0.963. The Kier molecular flexibility index (Phi) is 5.38. The summed E-state index contributed by atoms with van der Waals surface area (Å²) in [5.41, 5.74) is 4.22. The van der Waals surface area contributed by atoms with Crippen molar-refractivity contribution in [2.75, 3.05) is 18.4 Å². The highest BCUT2D eigenvalue weighted by atomic mass is 32.2. The third kappa shape index (κ3) is 3.85. The molecule has 0 saturated carbocycles. The van der Waals surface area contributed by atoms with Gasteiger partial charge >= 0.3 is 0 Å². The van der Waals surface area contributed by atoms with Crippen LogP contribution in [0.4, 0.5) is 5.95 Å². The van der Waals surface area contributed by atoms with Crippen LogP contribution in [-0.4, -0.2) is 41.7 Å². The molecule has 4 rings (SSSR count). The number of nitrogens with one attached hydrogen (secondary N) is 2. The molecule has 1 aromatic heterocycles. The van der Waals surface area contributed by atoms with Crippen molar-refractivity contribution >= 4 is 32.9 Å². The molecule has 7 nitrogen and oxygen atoms in total. The fourth-order valence-electron chi connectivity index (χ4n) is 4.29. The van der Waals surface area contributed by atoms with Gasteiger partial charge in [-0.05, 0) is 56.9 Å². The zero-order valence-electron chi connectivity index (χ0n) is 17.4. The number of anilines is 1. The first-order chi connectivity index (χ1) is 14.3. The van der Waals surface area contributed by atoms with E-state index in [1.807, 2.05) is 57.2 Å². The number of hydrogen-bond acceptors (Lipinski definition) is 4. The molecule has 1 aliphatic heterocycles. The molecule has 1 amide bonds. The molecule has 2 aromatic carbocycles. The predicted molar refractivity (Wildman–Crippen MR) is 117 cm³/mol. The molecule has 1 saturated heterocycles. The lowest BCUT2D eigenvalue weighted by molar-refractivity contribution is -0.120. The number of piperidine rings is 1. The second-order valence-electron chi connectivity index (χ2n) is 8.00. The Balaban J connectivity index is 1.43. The zero-order valence-corrected chi connectivity index (χ0v) is 18.2. The number of amides is 1. The number of aromatic nitrogens is 2. The Labute approximate surface area is 176 Å². The Morgan fingerprint density at radius 1 is 1.10 bits per heavy atom. The number of imidazole rings is 1. The largest absolute Gasteiger partial charge is 0.324 e. The lowest BCUT2D eigenvalue weighted by Gasteiger charge is -2.31. The highest BCUT2D eigenvalue weighted by molar-refractivity contribution is 7.89. The molecule has 0 radical (unpaired) electrons. The molecule has 8 heteroatoms. The zero-order chi connectivity index (χ0) is 21.5. The van der Waals surface area contributed by atoms with Gasteiger partial charge in [0, 0.05) is 19.0 Å². The van der Waals surface area contributed by atoms with E-state index in [9.17, 15) is 13.2 Å². The van der Waals surface area contributed by atoms with Crippen LogP contribution < -0.4 is 5.32 Å². The molecular formula is C22H26N4O3S. The molecule has 158 valence electrons. The van der Waals surface area contributed by atoms with Crippen molar-refractivity contribution in [2.24, 2.45) is 5.92 Å². The number of rotatable bonds is 4. The second-order valence-corrected chi connectivity index (χ2v) is 9.87. The molecule has 1 aliphatic rings. The molecule has 0 spiro atoms. The number of benzene rings is 2. The van der Waals surface area contributed by atoms with E-state index in [0.29, 0.717) is 36.8 Å². The number of para-hydroxylation sites is 2. The number of hydrogen-bond donors (Lipinski definition) is 2. The standard InChI is InChI=1S/C22H26N4O3S/c1-14-12-15(2)20(16(3)13-14)30(28,29)26-10-8-17(9-11-26)21(27)25-22-23-18-6-4-5-7-19(18)24-22/h4-7,12-13,17H,8-11H2,1-3H3,(H2,23,24,25,27). The maximum absolute atomic E-state index is 13.2. The van der Waals surface area contributed by atoms with E-state index in [0.717, 1.165) is 27.7 Å². The van der Waals surface area contributed by atoms with E-state index in [1.165, 1.54) is 4.31 Å². The average molecular weight is 427 g/mol. The summed E-state index contributed by atoms with van der Waals surface area (Å²) in [6, 6.07) is 11.4. The van der Waals surface area contributed by atoms with E-state index in [2.05, 4.69) is 15.3 Å². The van der Waals surface area contributed by atoms with Crippen LogP contribution in [0.25, 0.3) is 11.0 Å². The van der Waals surface area contributed by atoms with Gasteiger partial charge in [0.05, 0.1) is 15.9 Å². The van der Waals surface area contributed by atoms with Gasteiger partial charge in [-0.3, -0.25) is 10.1 Å². The molecule has 0 atom stereocenters. The maximum atomic E-state index is 13.2. The van der Waals surface area contributed by atoms with Crippen LogP contribution in [0.15, 0.2) is 41.3 Å².